The molecule has 0 spiro atoms. The lowest BCUT2D eigenvalue weighted by atomic mass is 10.1. The monoisotopic (exact) mass is 442 g/mol. The minimum absolute atomic E-state index is 1.10. The number of benzene rings is 5. The van der Waals surface area contributed by atoms with Crippen LogP contribution in [0.3, 0.4) is 0 Å². The number of anilines is 5. The summed E-state index contributed by atoms with van der Waals surface area (Å²) in [5, 5.41) is 6.09. The average molecular weight is 443 g/mol. The maximum Gasteiger partial charge on any atom is 0.0468 e. The third-order valence-corrected chi connectivity index (χ3v) is 6.94. The predicted molar refractivity (Wildman–Crippen MR) is 144 cm³/mol. The Kier molecular flexibility index (Phi) is 5.02. The van der Waals surface area contributed by atoms with Crippen LogP contribution in [-0.2, 0) is 0 Å². The Bertz CT molecular complexity index is 1480. The highest BCUT2D eigenvalue weighted by Crippen LogP contribution is 2.41. The first kappa shape index (κ1) is 19.6. The second kappa shape index (κ2) is 8.45. The first-order valence-corrected chi connectivity index (χ1v) is 11.9. The van der Waals surface area contributed by atoms with E-state index in [4.69, 9.17) is 0 Å². The van der Waals surface area contributed by atoms with Crippen LogP contribution in [0.1, 0.15) is 0 Å². The van der Waals surface area contributed by atoms with Gasteiger partial charge >= 0.3 is 0 Å². The van der Waals surface area contributed by atoms with E-state index in [1.807, 2.05) is 29.5 Å². The number of rotatable bonds is 5. The molecule has 0 aliphatic rings. The summed E-state index contributed by atoms with van der Waals surface area (Å²) in [7, 11) is 0. The third-order valence-electron chi connectivity index (χ3n) is 5.80. The van der Waals surface area contributed by atoms with Gasteiger partial charge in [0.25, 0.3) is 0 Å². The zero-order chi connectivity index (χ0) is 22.0. The molecular weight excluding hydrogens is 420 g/mol. The van der Waals surface area contributed by atoms with Crippen molar-refractivity contribution in [1.29, 1.82) is 0 Å². The van der Waals surface area contributed by atoms with Crippen molar-refractivity contribution in [3.05, 3.63) is 127 Å². The van der Waals surface area contributed by atoms with Gasteiger partial charge in [0.1, 0.15) is 0 Å². The zero-order valence-electron chi connectivity index (χ0n) is 18.0. The SMILES string of the molecule is c1ccc(Nc2ccc3c(c2)sc2ccc(N(c4ccccc4)c4ccccc4)cc23)cc1. The lowest BCUT2D eigenvalue weighted by molar-refractivity contribution is 1.29. The molecule has 1 aromatic heterocycles. The fourth-order valence-electron chi connectivity index (χ4n) is 4.27. The standard InChI is InChI=1S/C30H22N2S/c1-4-10-22(11-5-1)31-23-16-18-27-28-21-26(17-19-29(28)33-30(27)20-23)32(24-12-6-2-7-13-24)25-14-8-3-9-15-25/h1-21,31H. The van der Waals surface area contributed by atoms with Gasteiger partial charge in [-0.3, -0.25) is 0 Å². The Balaban J connectivity index is 1.44. The molecule has 6 aromatic rings. The maximum atomic E-state index is 3.51. The number of nitrogens with zero attached hydrogens (tertiary/aromatic N) is 1. The van der Waals surface area contributed by atoms with E-state index in [1.165, 1.54) is 20.2 Å². The van der Waals surface area contributed by atoms with E-state index in [0.29, 0.717) is 0 Å². The number of nitrogens with one attached hydrogen (secondary N) is 1. The zero-order valence-corrected chi connectivity index (χ0v) is 18.8. The van der Waals surface area contributed by atoms with Gasteiger partial charge in [0.2, 0.25) is 0 Å². The molecule has 158 valence electrons. The molecule has 0 fully saturated rings. The maximum absolute atomic E-state index is 3.51. The molecule has 0 amide bonds. The van der Waals surface area contributed by atoms with E-state index in [9.17, 15) is 0 Å². The molecule has 0 saturated heterocycles. The lowest BCUT2D eigenvalue weighted by Gasteiger charge is -2.25. The van der Waals surface area contributed by atoms with Gasteiger partial charge in [-0.2, -0.15) is 0 Å². The topological polar surface area (TPSA) is 15.3 Å². The van der Waals surface area contributed by atoms with E-state index in [1.54, 1.807) is 0 Å². The van der Waals surface area contributed by atoms with E-state index in [0.717, 1.165) is 28.4 Å². The highest BCUT2D eigenvalue weighted by molar-refractivity contribution is 7.25. The van der Waals surface area contributed by atoms with Crippen molar-refractivity contribution in [2.75, 3.05) is 10.2 Å². The Morgan fingerprint density at radius 1 is 0.455 bits per heavy atom. The quantitative estimate of drug-likeness (QED) is 0.286. The van der Waals surface area contributed by atoms with E-state index < -0.39 is 0 Å². The van der Waals surface area contributed by atoms with Crippen LogP contribution in [0.2, 0.25) is 0 Å². The molecule has 5 aromatic carbocycles. The van der Waals surface area contributed by atoms with Crippen molar-refractivity contribution in [3.63, 3.8) is 0 Å². The predicted octanol–water partition coefficient (Wildman–Crippen LogP) is 9.27. The summed E-state index contributed by atoms with van der Waals surface area (Å²) in [6, 6.07) is 44.8. The van der Waals surface area contributed by atoms with E-state index in [-0.39, 0.29) is 0 Å². The summed E-state index contributed by atoms with van der Waals surface area (Å²) in [6.07, 6.45) is 0. The molecule has 0 aliphatic carbocycles. The number of fused-ring (bicyclic) bond motifs is 3. The molecule has 0 radical (unpaired) electrons. The molecule has 33 heavy (non-hydrogen) atoms. The van der Waals surface area contributed by atoms with Crippen LogP contribution >= 0.6 is 11.3 Å². The van der Waals surface area contributed by atoms with Crippen LogP contribution in [-0.4, -0.2) is 0 Å². The molecule has 3 heteroatoms. The first-order valence-electron chi connectivity index (χ1n) is 11.0. The van der Waals surface area contributed by atoms with Gasteiger partial charge in [0.15, 0.2) is 0 Å². The lowest BCUT2D eigenvalue weighted by Crippen LogP contribution is -2.09. The average Bonchev–Trinajstić information content (AvgIpc) is 3.23. The van der Waals surface area contributed by atoms with Crippen LogP contribution in [0.4, 0.5) is 28.4 Å². The third kappa shape index (κ3) is 3.84. The van der Waals surface area contributed by atoms with Crippen LogP contribution in [0.25, 0.3) is 20.2 Å². The van der Waals surface area contributed by atoms with Crippen LogP contribution in [0, 0.1) is 0 Å². The van der Waals surface area contributed by atoms with Gasteiger partial charge in [0.05, 0.1) is 0 Å². The van der Waals surface area contributed by atoms with Gasteiger partial charge in [-0.05, 0) is 66.7 Å². The van der Waals surface area contributed by atoms with Gasteiger partial charge < -0.3 is 10.2 Å². The second-order valence-electron chi connectivity index (χ2n) is 7.99. The number of hydrogen-bond donors (Lipinski definition) is 1. The molecular formula is C30H22N2S. The Morgan fingerprint density at radius 2 is 1.09 bits per heavy atom. The van der Waals surface area contributed by atoms with Crippen molar-refractivity contribution < 1.29 is 0 Å². The highest BCUT2D eigenvalue weighted by atomic mass is 32.1. The molecule has 1 N–H and O–H groups in total. The number of thiophene rings is 1. The molecule has 6 rings (SSSR count). The summed E-state index contributed by atoms with van der Waals surface area (Å²) in [5.41, 5.74) is 5.66. The van der Waals surface area contributed by atoms with Crippen molar-refractivity contribution in [3.8, 4) is 0 Å². The summed E-state index contributed by atoms with van der Waals surface area (Å²) in [5.74, 6) is 0. The van der Waals surface area contributed by atoms with Gasteiger partial charge in [-0.25, -0.2) is 0 Å². The van der Waals surface area contributed by atoms with Gasteiger partial charge in [-0.15, -0.1) is 11.3 Å². The van der Waals surface area contributed by atoms with Gasteiger partial charge in [-0.1, -0.05) is 60.7 Å². The molecule has 0 unspecified atom stereocenters. The minimum Gasteiger partial charge on any atom is -0.355 e. The van der Waals surface area contributed by atoms with Crippen LogP contribution < -0.4 is 10.2 Å². The molecule has 0 saturated carbocycles. The van der Waals surface area contributed by atoms with E-state index >= 15 is 0 Å². The highest BCUT2D eigenvalue weighted by Gasteiger charge is 2.14. The Morgan fingerprint density at radius 3 is 1.76 bits per heavy atom. The van der Waals surface area contributed by atoms with Crippen LogP contribution in [0.5, 0.6) is 0 Å². The Labute approximate surface area is 197 Å². The summed E-state index contributed by atoms with van der Waals surface area (Å²) < 4.78 is 2.58. The molecule has 0 atom stereocenters. The first-order chi connectivity index (χ1) is 16.3. The second-order valence-corrected chi connectivity index (χ2v) is 9.07. The van der Waals surface area contributed by atoms with Crippen molar-refractivity contribution in [1.82, 2.24) is 0 Å². The smallest absolute Gasteiger partial charge is 0.0468 e. The van der Waals surface area contributed by atoms with Gasteiger partial charge in [0, 0.05) is 48.6 Å². The summed E-state index contributed by atoms with van der Waals surface area (Å²) >= 11 is 1.84. The minimum atomic E-state index is 1.10. The van der Waals surface area contributed by atoms with Crippen molar-refractivity contribution in [2.24, 2.45) is 0 Å². The molecule has 2 nitrogen and oxygen atoms in total. The van der Waals surface area contributed by atoms with Crippen LogP contribution in [0.15, 0.2) is 127 Å². The fraction of sp³-hybridized carbons (Fsp3) is 0. The largest absolute Gasteiger partial charge is 0.355 e. The number of hydrogen-bond acceptors (Lipinski definition) is 3. The fourth-order valence-corrected chi connectivity index (χ4v) is 5.40. The van der Waals surface area contributed by atoms with Crippen molar-refractivity contribution >= 4 is 59.9 Å². The molecule has 1 heterocycles. The normalized spacial score (nSPS) is 11.0. The summed E-state index contributed by atoms with van der Waals surface area (Å²) in [4.78, 5) is 2.31. The molecule has 0 bridgehead atoms. The molecule has 0 aliphatic heterocycles. The van der Waals surface area contributed by atoms with E-state index in [2.05, 4.69) is 119 Å². The number of para-hydroxylation sites is 3. The summed E-state index contributed by atoms with van der Waals surface area (Å²) in [6.45, 7) is 0. The Hall–Kier alpha value is -4.08. The van der Waals surface area contributed by atoms with Crippen molar-refractivity contribution in [2.45, 2.75) is 0 Å².